The number of pyridine rings is 1. The Morgan fingerprint density at radius 2 is 1.11 bits per heavy atom. The first-order valence-corrected chi connectivity index (χ1v) is 13.1. The maximum atomic E-state index is 5.25. The van der Waals surface area contributed by atoms with Crippen LogP contribution < -0.4 is 0 Å². The van der Waals surface area contributed by atoms with Gasteiger partial charge in [0.1, 0.15) is 5.65 Å². The third kappa shape index (κ3) is 2.24. The normalized spacial score (nSPS) is 12.4. The summed E-state index contributed by atoms with van der Waals surface area (Å²) in [6.45, 7) is 0. The van der Waals surface area contributed by atoms with Crippen LogP contribution in [0.5, 0.6) is 0 Å². The minimum atomic E-state index is 1.03. The highest BCUT2D eigenvalue weighted by molar-refractivity contribution is 7.25. The van der Waals surface area contributed by atoms with Crippen molar-refractivity contribution in [3.05, 3.63) is 109 Å². The van der Waals surface area contributed by atoms with Crippen molar-refractivity contribution in [2.75, 3.05) is 0 Å². The molecule has 3 heterocycles. The van der Waals surface area contributed by atoms with E-state index in [4.69, 9.17) is 4.98 Å². The Kier molecular flexibility index (Phi) is 3.45. The Morgan fingerprint density at radius 1 is 0.472 bits per heavy atom. The van der Waals surface area contributed by atoms with Crippen LogP contribution in [0.3, 0.4) is 0 Å². The molecule has 0 spiro atoms. The van der Waals surface area contributed by atoms with Gasteiger partial charge < -0.3 is 0 Å². The first kappa shape index (κ1) is 18.8. The molecule has 166 valence electrons. The molecular weight excluding hydrogens is 456 g/mol. The number of rotatable bonds is 0. The molecule has 0 N–H and O–H groups in total. The molecule has 0 saturated heterocycles. The SMILES string of the molecule is c1ccc2c(c1)nc1c3c4ccccc4c4ccccc4c3c3cc4sc5ccccc5c4cc3n21. The van der Waals surface area contributed by atoms with E-state index in [1.807, 2.05) is 11.3 Å². The quantitative estimate of drug-likeness (QED) is 0.200. The molecule has 0 aliphatic heterocycles. The van der Waals surface area contributed by atoms with Gasteiger partial charge in [-0.2, -0.15) is 0 Å². The Morgan fingerprint density at radius 3 is 1.92 bits per heavy atom. The molecule has 0 unspecified atom stereocenters. The van der Waals surface area contributed by atoms with Gasteiger partial charge in [0.15, 0.2) is 0 Å². The largest absolute Gasteiger partial charge is 0.292 e. The summed E-state index contributed by atoms with van der Waals surface area (Å²) in [5, 5.41) is 11.5. The predicted molar refractivity (Wildman–Crippen MR) is 156 cm³/mol. The first-order valence-electron chi connectivity index (χ1n) is 12.2. The zero-order valence-electron chi connectivity index (χ0n) is 19.2. The molecule has 0 saturated carbocycles. The van der Waals surface area contributed by atoms with E-state index in [0.717, 1.165) is 16.7 Å². The predicted octanol–water partition coefficient (Wildman–Crippen LogP) is 9.47. The number of fused-ring (bicyclic) bond motifs is 16. The molecule has 3 aromatic heterocycles. The van der Waals surface area contributed by atoms with Crippen molar-refractivity contribution in [1.29, 1.82) is 0 Å². The molecule has 0 fully saturated rings. The second-order valence-corrected chi connectivity index (χ2v) is 10.6. The molecule has 0 aliphatic carbocycles. The fourth-order valence-corrected chi connectivity index (χ4v) is 7.36. The van der Waals surface area contributed by atoms with Crippen molar-refractivity contribution in [3.8, 4) is 0 Å². The third-order valence-corrected chi connectivity index (χ3v) is 8.86. The molecule has 0 atom stereocenters. The molecular formula is C33H18N2S. The Labute approximate surface area is 209 Å². The van der Waals surface area contributed by atoms with Gasteiger partial charge in [-0.15, -0.1) is 11.3 Å². The van der Waals surface area contributed by atoms with Gasteiger partial charge in [0.2, 0.25) is 0 Å². The number of hydrogen-bond donors (Lipinski definition) is 0. The van der Waals surface area contributed by atoms with Gasteiger partial charge in [-0.3, -0.25) is 4.40 Å². The van der Waals surface area contributed by atoms with Gasteiger partial charge in [0, 0.05) is 36.3 Å². The van der Waals surface area contributed by atoms with Crippen LogP contribution in [-0.2, 0) is 0 Å². The number of para-hydroxylation sites is 2. The lowest BCUT2D eigenvalue weighted by atomic mass is 9.92. The molecule has 9 rings (SSSR count). The molecule has 0 bridgehead atoms. The van der Waals surface area contributed by atoms with Crippen LogP contribution in [0.1, 0.15) is 0 Å². The molecule has 9 aromatic rings. The second-order valence-electron chi connectivity index (χ2n) is 9.56. The maximum Gasteiger partial charge on any atom is 0.147 e. The number of aromatic nitrogens is 2. The highest BCUT2D eigenvalue weighted by atomic mass is 32.1. The summed E-state index contributed by atoms with van der Waals surface area (Å²) in [5.74, 6) is 0. The van der Waals surface area contributed by atoms with Crippen LogP contribution in [-0.4, -0.2) is 9.38 Å². The fraction of sp³-hybridized carbons (Fsp3) is 0. The van der Waals surface area contributed by atoms with Crippen molar-refractivity contribution in [2.45, 2.75) is 0 Å². The van der Waals surface area contributed by atoms with Crippen LogP contribution in [0.4, 0.5) is 0 Å². The standard InChI is InChI=1S/C33H18N2S/c1-3-12-22-19(9-1)20-10-2-4-13-23(20)32-31(22)25-18-30-24(21-11-5-8-16-29(21)36-30)17-28(25)35-27-15-7-6-14-26(27)34-33(32)35/h1-18H. The van der Waals surface area contributed by atoms with Crippen molar-refractivity contribution < 1.29 is 0 Å². The molecule has 36 heavy (non-hydrogen) atoms. The van der Waals surface area contributed by atoms with Crippen LogP contribution in [0.15, 0.2) is 109 Å². The third-order valence-electron chi connectivity index (χ3n) is 7.72. The Balaban J connectivity index is 1.70. The topological polar surface area (TPSA) is 17.3 Å². The molecule has 6 aromatic carbocycles. The average Bonchev–Trinajstić information content (AvgIpc) is 3.50. The van der Waals surface area contributed by atoms with Crippen molar-refractivity contribution in [3.63, 3.8) is 0 Å². The summed E-state index contributed by atoms with van der Waals surface area (Å²) in [6.07, 6.45) is 0. The molecule has 0 radical (unpaired) electrons. The van der Waals surface area contributed by atoms with E-state index in [1.54, 1.807) is 0 Å². The molecule has 0 aliphatic rings. The Bertz CT molecular complexity index is 2370. The lowest BCUT2D eigenvalue weighted by molar-refractivity contribution is 1.32. The molecule has 0 amide bonds. The number of thiophene rings is 1. The van der Waals surface area contributed by atoms with E-state index in [0.29, 0.717) is 0 Å². The van der Waals surface area contributed by atoms with E-state index < -0.39 is 0 Å². The number of hydrogen-bond acceptors (Lipinski definition) is 2. The van der Waals surface area contributed by atoms with Gasteiger partial charge in [0.25, 0.3) is 0 Å². The lowest BCUT2D eigenvalue weighted by Gasteiger charge is -2.15. The van der Waals surface area contributed by atoms with Crippen LogP contribution in [0.2, 0.25) is 0 Å². The van der Waals surface area contributed by atoms with Crippen LogP contribution in [0, 0.1) is 0 Å². The summed E-state index contributed by atoms with van der Waals surface area (Å²) in [5.41, 5.74) is 4.41. The summed E-state index contributed by atoms with van der Waals surface area (Å²) in [4.78, 5) is 5.25. The van der Waals surface area contributed by atoms with Gasteiger partial charge in [0.05, 0.1) is 16.6 Å². The number of imidazole rings is 1. The van der Waals surface area contributed by atoms with Gasteiger partial charge in [-0.05, 0) is 51.9 Å². The smallest absolute Gasteiger partial charge is 0.147 e. The molecule has 3 heteroatoms. The van der Waals surface area contributed by atoms with Crippen molar-refractivity contribution >= 4 is 91.4 Å². The van der Waals surface area contributed by atoms with Gasteiger partial charge >= 0.3 is 0 Å². The highest BCUT2D eigenvalue weighted by Crippen LogP contribution is 2.44. The van der Waals surface area contributed by atoms with E-state index in [2.05, 4.69) is 114 Å². The fourth-order valence-electron chi connectivity index (χ4n) is 6.24. The monoisotopic (exact) mass is 474 g/mol. The summed E-state index contributed by atoms with van der Waals surface area (Å²) >= 11 is 1.88. The number of nitrogens with zero attached hydrogens (tertiary/aromatic N) is 2. The van der Waals surface area contributed by atoms with Gasteiger partial charge in [-0.25, -0.2) is 4.98 Å². The summed E-state index contributed by atoms with van der Waals surface area (Å²) < 4.78 is 5.04. The van der Waals surface area contributed by atoms with E-state index in [9.17, 15) is 0 Å². The summed E-state index contributed by atoms with van der Waals surface area (Å²) in [6, 6.07) is 39.7. The van der Waals surface area contributed by atoms with Crippen molar-refractivity contribution in [1.82, 2.24) is 9.38 Å². The minimum Gasteiger partial charge on any atom is -0.292 e. The maximum absolute atomic E-state index is 5.25. The van der Waals surface area contributed by atoms with E-state index in [-0.39, 0.29) is 0 Å². The van der Waals surface area contributed by atoms with Gasteiger partial charge in [-0.1, -0.05) is 78.9 Å². The van der Waals surface area contributed by atoms with E-state index in [1.165, 1.54) is 63.4 Å². The number of benzene rings is 6. The van der Waals surface area contributed by atoms with Crippen LogP contribution in [0.25, 0.3) is 80.1 Å². The Hall–Kier alpha value is -4.47. The highest BCUT2D eigenvalue weighted by Gasteiger charge is 2.20. The average molecular weight is 475 g/mol. The molecule has 2 nitrogen and oxygen atoms in total. The zero-order chi connectivity index (χ0) is 23.4. The second kappa shape index (κ2) is 6.60. The van der Waals surface area contributed by atoms with Crippen LogP contribution >= 0.6 is 11.3 Å². The zero-order valence-corrected chi connectivity index (χ0v) is 20.0. The first-order chi connectivity index (χ1) is 17.9. The minimum absolute atomic E-state index is 1.03. The lowest BCUT2D eigenvalue weighted by Crippen LogP contribution is -1.94. The van der Waals surface area contributed by atoms with E-state index >= 15 is 0 Å². The summed E-state index contributed by atoms with van der Waals surface area (Å²) in [7, 11) is 0. The van der Waals surface area contributed by atoms with Crippen molar-refractivity contribution in [2.24, 2.45) is 0 Å².